The van der Waals surface area contributed by atoms with Crippen molar-refractivity contribution in [1.82, 2.24) is 20.0 Å². The lowest BCUT2D eigenvalue weighted by atomic mass is 10.0. The number of hydrogen-bond acceptors (Lipinski definition) is 4. The maximum atomic E-state index is 13.3. The van der Waals surface area contributed by atoms with E-state index in [0.717, 1.165) is 13.0 Å². The van der Waals surface area contributed by atoms with E-state index in [4.69, 9.17) is 11.6 Å². The van der Waals surface area contributed by atoms with Gasteiger partial charge in [0.2, 0.25) is 11.8 Å². The first-order valence-electron chi connectivity index (χ1n) is 11.1. The molecule has 0 bridgehead atoms. The fourth-order valence-corrected chi connectivity index (χ4v) is 4.01. The zero-order valence-electron chi connectivity index (χ0n) is 19.1. The summed E-state index contributed by atoms with van der Waals surface area (Å²) in [5.74, 6) is -0.384. The molecule has 0 aliphatic carbocycles. The first kappa shape index (κ1) is 25.1. The minimum absolute atomic E-state index is 0.0671. The van der Waals surface area contributed by atoms with E-state index >= 15 is 0 Å². The topological polar surface area (TPSA) is 73.0 Å². The Labute approximate surface area is 190 Å². The number of halogens is 1. The van der Waals surface area contributed by atoms with Gasteiger partial charge in [-0.15, -0.1) is 0 Å². The van der Waals surface area contributed by atoms with Crippen molar-refractivity contribution in [3.05, 3.63) is 34.9 Å². The molecule has 0 saturated carbocycles. The average Bonchev–Trinajstić information content (AvgIpc) is 2.98. The SMILES string of the molecule is CCN(CC)C(=O)CN1CCCN(C(=O)C(NC(=O)c2ccccc2Cl)C(C)C)CC1. The molecule has 1 fully saturated rings. The number of carbonyl (C=O) groups is 3. The van der Waals surface area contributed by atoms with Gasteiger partial charge in [0.25, 0.3) is 5.91 Å². The second-order valence-electron chi connectivity index (χ2n) is 8.20. The molecule has 1 aromatic carbocycles. The van der Waals surface area contributed by atoms with Crippen LogP contribution < -0.4 is 5.32 Å². The summed E-state index contributed by atoms with van der Waals surface area (Å²) in [6, 6.07) is 6.18. The molecular weight excluding hydrogens is 416 g/mol. The molecule has 1 N–H and O–H groups in total. The van der Waals surface area contributed by atoms with Gasteiger partial charge in [0.15, 0.2) is 0 Å². The summed E-state index contributed by atoms with van der Waals surface area (Å²) in [4.78, 5) is 44.1. The first-order chi connectivity index (χ1) is 14.8. The summed E-state index contributed by atoms with van der Waals surface area (Å²) in [5.41, 5.74) is 0.361. The normalized spacial score (nSPS) is 16.0. The van der Waals surface area contributed by atoms with Crippen LogP contribution in [0.1, 0.15) is 44.5 Å². The Morgan fingerprint density at radius 2 is 1.74 bits per heavy atom. The molecular formula is C23H35ClN4O3. The standard InChI is InChI=1S/C23H35ClN4O3/c1-5-27(6-2)20(29)16-26-12-9-13-28(15-14-26)23(31)21(17(3)4)25-22(30)18-10-7-8-11-19(18)24/h7-8,10-11,17,21H,5-6,9,12-16H2,1-4H3,(H,25,30). The molecule has 1 unspecified atom stereocenters. The van der Waals surface area contributed by atoms with E-state index in [1.165, 1.54) is 0 Å². The lowest BCUT2D eigenvalue weighted by Gasteiger charge is -2.29. The van der Waals surface area contributed by atoms with E-state index in [1.54, 1.807) is 29.2 Å². The first-order valence-corrected chi connectivity index (χ1v) is 11.5. The molecule has 2 rings (SSSR count). The van der Waals surface area contributed by atoms with Crippen molar-refractivity contribution in [2.24, 2.45) is 5.92 Å². The van der Waals surface area contributed by atoms with Crippen LogP contribution in [0.4, 0.5) is 0 Å². The van der Waals surface area contributed by atoms with Crippen LogP contribution in [-0.4, -0.2) is 84.3 Å². The minimum atomic E-state index is -0.632. The number of carbonyl (C=O) groups excluding carboxylic acids is 3. The van der Waals surface area contributed by atoms with Crippen LogP contribution in [-0.2, 0) is 9.59 Å². The van der Waals surface area contributed by atoms with E-state index in [1.807, 2.05) is 32.6 Å². The molecule has 31 heavy (non-hydrogen) atoms. The van der Waals surface area contributed by atoms with Crippen LogP contribution in [0.25, 0.3) is 0 Å². The second kappa shape index (κ2) is 12.1. The molecule has 1 heterocycles. The zero-order valence-corrected chi connectivity index (χ0v) is 19.8. The Morgan fingerprint density at radius 3 is 2.35 bits per heavy atom. The number of amides is 3. The predicted octanol–water partition coefficient (Wildman–Crippen LogP) is 2.50. The van der Waals surface area contributed by atoms with E-state index in [-0.39, 0.29) is 23.6 Å². The van der Waals surface area contributed by atoms with Crippen LogP contribution in [0.15, 0.2) is 24.3 Å². The van der Waals surface area contributed by atoms with Crippen molar-refractivity contribution in [3.63, 3.8) is 0 Å². The van der Waals surface area contributed by atoms with E-state index in [9.17, 15) is 14.4 Å². The highest BCUT2D eigenvalue weighted by molar-refractivity contribution is 6.33. The van der Waals surface area contributed by atoms with Crippen LogP contribution in [0.2, 0.25) is 5.02 Å². The molecule has 0 radical (unpaired) electrons. The van der Waals surface area contributed by atoms with Gasteiger partial charge < -0.3 is 15.1 Å². The molecule has 1 atom stereocenters. The van der Waals surface area contributed by atoms with Crippen molar-refractivity contribution in [3.8, 4) is 0 Å². The summed E-state index contributed by atoms with van der Waals surface area (Å²) in [5, 5.41) is 3.24. The molecule has 1 aliphatic rings. The fourth-order valence-electron chi connectivity index (χ4n) is 3.79. The Balaban J connectivity index is 2.00. The third-order valence-electron chi connectivity index (χ3n) is 5.71. The molecule has 172 valence electrons. The van der Waals surface area contributed by atoms with Crippen LogP contribution >= 0.6 is 11.6 Å². The second-order valence-corrected chi connectivity index (χ2v) is 8.60. The van der Waals surface area contributed by atoms with Gasteiger partial charge >= 0.3 is 0 Å². The predicted molar refractivity (Wildman–Crippen MR) is 123 cm³/mol. The molecule has 0 aromatic heterocycles. The molecule has 0 spiro atoms. The summed E-state index contributed by atoms with van der Waals surface area (Å²) < 4.78 is 0. The zero-order chi connectivity index (χ0) is 23.0. The van der Waals surface area contributed by atoms with Crippen molar-refractivity contribution >= 4 is 29.3 Å². The molecule has 1 aliphatic heterocycles. The maximum absolute atomic E-state index is 13.3. The van der Waals surface area contributed by atoms with Crippen molar-refractivity contribution in [2.45, 2.75) is 40.2 Å². The van der Waals surface area contributed by atoms with Gasteiger partial charge in [0, 0.05) is 39.3 Å². The van der Waals surface area contributed by atoms with Gasteiger partial charge in [0.05, 0.1) is 17.1 Å². The number of likely N-dealkylation sites (N-methyl/N-ethyl adjacent to an activating group) is 1. The molecule has 3 amide bonds. The third-order valence-corrected chi connectivity index (χ3v) is 6.04. The smallest absolute Gasteiger partial charge is 0.253 e. The van der Waals surface area contributed by atoms with E-state index in [2.05, 4.69) is 10.2 Å². The van der Waals surface area contributed by atoms with Crippen molar-refractivity contribution < 1.29 is 14.4 Å². The Kier molecular flexibility index (Phi) is 9.78. The lowest BCUT2D eigenvalue weighted by molar-refractivity contribution is -0.134. The van der Waals surface area contributed by atoms with Gasteiger partial charge in [-0.1, -0.05) is 37.6 Å². The van der Waals surface area contributed by atoms with Gasteiger partial charge in [-0.2, -0.15) is 0 Å². The maximum Gasteiger partial charge on any atom is 0.253 e. The Morgan fingerprint density at radius 1 is 1.06 bits per heavy atom. The summed E-state index contributed by atoms with van der Waals surface area (Å²) in [6.07, 6.45) is 0.792. The Hall–Kier alpha value is -2.12. The van der Waals surface area contributed by atoms with Crippen LogP contribution in [0.3, 0.4) is 0 Å². The highest BCUT2D eigenvalue weighted by atomic mass is 35.5. The fraction of sp³-hybridized carbons (Fsp3) is 0.609. The third kappa shape index (κ3) is 6.94. The molecule has 8 heteroatoms. The molecule has 1 aromatic rings. The number of hydrogen-bond donors (Lipinski definition) is 1. The van der Waals surface area contributed by atoms with E-state index < -0.39 is 6.04 Å². The summed E-state index contributed by atoms with van der Waals surface area (Å²) >= 11 is 6.14. The van der Waals surface area contributed by atoms with Gasteiger partial charge in [-0.05, 0) is 38.3 Å². The van der Waals surface area contributed by atoms with Crippen LogP contribution in [0, 0.1) is 5.92 Å². The lowest BCUT2D eigenvalue weighted by Crippen LogP contribution is -2.52. The van der Waals surface area contributed by atoms with Gasteiger partial charge in [0.1, 0.15) is 6.04 Å². The van der Waals surface area contributed by atoms with Crippen molar-refractivity contribution in [1.29, 1.82) is 0 Å². The monoisotopic (exact) mass is 450 g/mol. The quantitative estimate of drug-likeness (QED) is 0.660. The Bertz CT molecular complexity index is 767. The molecule has 1 saturated heterocycles. The highest BCUT2D eigenvalue weighted by Gasteiger charge is 2.30. The number of rotatable bonds is 8. The average molecular weight is 451 g/mol. The highest BCUT2D eigenvalue weighted by Crippen LogP contribution is 2.16. The number of nitrogens with one attached hydrogen (secondary N) is 1. The van der Waals surface area contributed by atoms with Gasteiger partial charge in [-0.25, -0.2) is 0 Å². The molecule has 7 nitrogen and oxygen atoms in total. The summed E-state index contributed by atoms with van der Waals surface area (Å²) in [6.45, 7) is 12.1. The number of nitrogens with zero attached hydrogens (tertiary/aromatic N) is 3. The van der Waals surface area contributed by atoms with Crippen LogP contribution in [0.5, 0.6) is 0 Å². The van der Waals surface area contributed by atoms with Crippen molar-refractivity contribution in [2.75, 3.05) is 45.8 Å². The summed E-state index contributed by atoms with van der Waals surface area (Å²) in [7, 11) is 0. The largest absolute Gasteiger partial charge is 0.342 e. The van der Waals surface area contributed by atoms with E-state index in [0.29, 0.717) is 49.9 Å². The number of benzene rings is 1. The van der Waals surface area contributed by atoms with Gasteiger partial charge in [-0.3, -0.25) is 19.3 Å². The minimum Gasteiger partial charge on any atom is -0.342 e.